The first-order valence-corrected chi connectivity index (χ1v) is 15.9. The Kier molecular flexibility index (Phi) is 13.0. The number of hydrogen-bond acceptors (Lipinski definition) is 10. The van der Waals surface area contributed by atoms with Gasteiger partial charge < -0.3 is 34.3 Å². The molecule has 2 aliphatic rings. The molecule has 1 saturated heterocycles. The van der Waals surface area contributed by atoms with Crippen molar-refractivity contribution in [3.05, 3.63) is 42.0 Å². The smallest absolute Gasteiger partial charge is 0.407 e. The summed E-state index contributed by atoms with van der Waals surface area (Å²) < 4.78 is 26.6. The molecule has 0 spiro atoms. The number of Topliss-reactive ketones (excluding diaryl/α,β-unsaturated/α-hetero) is 1. The summed E-state index contributed by atoms with van der Waals surface area (Å²) in [6, 6.07) is 6.86. The summed E-state index contributed by atoms with van der Waals surface area (Å²) in [5.74, 6) is 0.0833. The van der Waals surface area contributed by atoms with Crippen molar-refractivity contribution in [2.24, 2.45) is 10.8 Å². The van der Waals surface area contributed by atoms with Crippen LogP contribution in [-0.4, -0.2) is 99.7 Å². The van der Waals surface area contributed by atoms with Crippen molar-refractivity contribution in [3.63, 3.8) is 0 Å². The van der Waals surface area contributed by atoms with Crippen molar-refractivity contribution < 1.29 is 42.9 Å². The van der Waals surface area contributed by atoms with E-state index in [1.165, 1.54) is 0 Å². The van der Waals surface area contributed by atoms with Gasteiger partial charge in [-0.15, -0.1) is 0 Å². The molecule has 3 rings (SSSR count). The molecule has 256 valence electrons. The predicted octanol–water partition coefficient (Wildman–Crippen LogP) is 4.52. The molecule has 2 N–H and O–H groups in total. The normalized spacial score (nSPS) is 21.4. The predicted molar refractivity (Wildman–Crippen MR) is 172 cm³/mol. The molecule has 12 heteroatoms. The van der Waals surface area contributed by atoms with Crippen LogP contribution in [-0.2, 0) is 23.7 Å². The number of nitrogens with zero attached hydrogens (tertiary/aromatic N) is 1. The van der Waals surface area contributed by atoms with Crippen LogP contribution in [0.4, 0.5) is 9.59 Å². The molecule has 2 unspecified atom stereocenters. The second-order valence-corrected chi connectivity index (χ2v) is 13.8. The molecule has 0 aromatic heterocycles. The molecule has 1 aliphatic heterocycles. The van der Waals surface area contributed by atoms with E-state index in [1.807, 2.05) is 13.8 Å². The Morgan fingerprint density at radius 1 is 0.935 bits per heavy atom. The number of nitrogens with one attached hydrogen (secondary N) is 2. The topological polar surface area (TPSA) is 142 Å². The second-order valence-electron chi connectivity index (χ2n) is 13.8. The highest BCUT2D eigenvalue weighted by molar-refractivity contribution is 6.02. The zero-order valence-corrected chi connectivity index (χ0v) is 28.2. The van der Waals surface area contributed by atoms with Gasteiger partial charge in [-0.05, 0) is 75.1 Å². The van der Waals surface area contributed by atoms with Crippen LogP contribution in [0.15, 0.2) is 36.4 Å². The molecular weight excluding hydrogens is 594 g/mol. The molecule has 1 aromatic rings. The lowest BCUT2D eigenvalue weighted by molar-refractivity contribution is -0.139. The monoisotopic (exact) mass is 645 g/mol. The number of hydrogen-bond donors (Lipinski definition) is 2. The first-order chi connectivity index (χ1) is 21.6. The summed E-state index contributed by atoms with van der Waals surface area (Å²) in [7, 11) is 0. The number of morpholine rings is 1. The van der Waals surface area contributed by atoms with Crippen LogP contribution in [0.2, 0.25) is 0 Å². The summed E-state index contributed by atoms with van der Waals surface area (Å²) in [4.78, 5) is 51.6. The fourth-order valence-electron chi connectivity index (χ4n) is 6.42. The number of rotatable bonds is 14. The number of benzene rings is 1. The summed E-state index contributed by atoms with van der Waals surface area (Å²) in [5, 5.41) is 5.77. The van der Waals surface area contributed by atoms with Crippen molar-refractivity contribution in [2.45, 2.75) is 72.4 Å². The lowest BCUT2D eigenvalue weighted by Gasteiger charge is -2.46. The van der Waals surface area contributed by atoms with E-state index in [2.05, 4.69) is 42.9 Å². The van der Waals surface area contributed by atoms with Gasteiger partial charge in [0, 0.05) is 36.8 Å². The Balaban J connectivity index is 1.38. The van der Waals surface area contributed by atoms with Crippen LogP contribution in [0, 0.1) is 10.8 Å². The lowest BCUT2D eigenvalue weighted by Crippen LogP contribution is -2.54. The van der Waals surface area contributed by atoms with E-state index in [4.69, 9.17) is 23.7 Å². The molecule has 1 heterocycles. The lowest BCUT2D eigenvalue weighted by atomic mass is 9.62. The number of alkyl carbamates (subject to hydrolysis) is 2. The van der Waals surface area contributed by atoms with Crippen LogP contribution in [0.1, 0.15) is 71.2 Å². The van der Waals surface area contributed by atoms with E-state index in [1.54, 1.807) is 31.2 Å². The van der Waals surface area contributed by atoms with E-state index in [0.717, 1.165) is 25.9 Å². The third kappa shape index (κ3) is 11.3. The van der Waals surface area contributed by atoms with Crippen molar-refractivity contribution in [2.75, 3.05) is 59.3 Å². The van der Waals surface area contributed by atoms with Gasteiger partial charge in [-0.2, -0.15) is 0 Å². The SMILES string of the molecule is C=C(C)C(=O)OCCOC(=O)NCC1(C)CC(NC(=O)OCCOc2ccc(C(=O)C(C)(C)N3CCOCC3)cc2)CC(C)(C)C1. The highest BCUT2D eigenvalue weighted by Gasteiger charge is 2.42. The van der Waals surface area contributed by atoms with Gasteiger partial charge in [0.2, 0.25) is 0 Å². The highest BCUT2D eigenvalue weighted by atomic mass is 16.6. The third-order valence-corrected chi connectivity index (χ3v) is 8.38. The van der Waals surface area contributed by atoms with Crippen molar-refractivity contribution in [1.82, 2.24) is 15.5 Å². The molecule has 2 amide bonds. The van der Waals surface area contributed by atoms with Gasteiger partial charge in [0.05, 0.1) is 18.8 Å². The average Bonchev–Trinajstić information content (AvgIpc) is 2.99. The molecule has 1 aliphatic carbocycles. The van der Waals surface area contributed by atoms with Crippen LogP contribution in [0.25, 0.3) is 0 Å². The molecule has 12 nitrogen and oxygen atoms in total. The first kappa shape index (κ1) is 36.8. The Bertz CT molecular complexity index is 1220. The quantitative estimate of drug-likeness (QED) is 0.0976. The number of ether oxygens (including phenoxy) is 5. The Hall–Kier alpha value is -3.64. The molecule has 2 fully saturated rings. The van der Waals surface area contributed by atoms with Crippen molar-refractivity contribution in [1.29, 1.82) is 0 Å². The molecule has 1 saturated carbocycles. The maximum Gasteiger partial charge on any atom is 0.407 e. The number of amides is 2. The van der Waals surface area contributed by atoms with Crippen LogP contribution < -0.4 is 15.4 Å². The van der Waals surface area contributed by atoms with Crippen molar-refractivity contribution >= 4 is 23.9 Å². The van der Waals surface area contributed by atoms with E-state index in [9.17, 15) is 19.2 Å². The van der Waals surface area contributed by atoms with Gasteiger partial charge in [-0.25, -0.2) is 14.4 Å². The summed E-state index contributed by atoms with van der Waals surface area (Å²) >= 11 is 0. The Labute approximate surface area is 272 Å². The maximum atomic E-state index is 13.2. The zero-order chi connectivity index (χ0) is 34.0. The van der Waals surface area contributed by atoms with E-state index in [0.29, 0.717) is 37.5 Å². The van der Waals surface area contributed by atoms with Crippen LogP contribution in [0.5, 0.6) is 5.75 Å². The summed E-state index contributed by atoms with van der Waals surface area (Å²) in [5.41, 5.74) is -0.126. The number of carbonyl (C=O) groups is 4. The van der Waals surface area contributed by atoms with Gasteiger partial charge in [-0.3, -0.25) is 9.69 Å². The number of ketones is 1. The Morgan fingerprint density at radius 3 is 2.20 bits per heavy atom. The second kappa shape index (κ2) is 16.3. The average molecular weight is 646 g/mol. The standard InChI is InChI=1S/C34H51N3O9/c1-24(2)29(39)44-17-19-45-30(40)35-23-34(7)21-26(20-32(3,4)22-34)36-31(41)46-18-16-43-27-10-8-25(9-11-27)28(38)33(5,6)37-12-14-42-15-13-37/h8-11,26H,1,12-23H2,2-7H3,(H,35,40)(H,36,41). The summed E-state index contributed by atoms with van der Waals surface area (Å²) in [6.45, 7) is 18.4. The largest absolute Gasteiger partial charge is 0.490 e. The highest BCUT2D eigenvalue weighted by Crippen LogP contribution is 2.45. The maximum absolute atomic E-state index is 13.2. The summed E-state index contributed by atoms with van der Waals surface area (Å²) in [6.07, 6.45) is 1.12. The minimum absolute atomic E-state index is 0.0393. The molecule has 1 aromatic carbocycles. The fourth-order valence-corrected chi connectivity index (χ4v) is 6.42. The minimum atomic E-state index is -0.634. The van der Waals surface area contributed by atoms with E-state index >= 15 is 0 Å². The molecule has 0 radical (unpaired) electrons. The van der Waals surface area contributed by atoms with Gasteiger partial charge in [0.15, 0.2) is 5.78 Å². The fraction of sp³-hybridized carbons (Fsp3) is 0.647. The van der Waals surface area contributed by atoms with E-state index in [-0.39, 0.29) is 54.7 Å². The third-order valence-electron chi connectivity index (χ3n) is 8.38. The Morgan fingerprint density at radius 2 is 1.54 bits per heavy atom. The molecular formula is C34H51N3O9. The minimum Gasteiger partial charge on any atom is -0.490 e. The number of esters is 1. The molecule has 46 heavy (non-hydrogen) atoms. The molecule has 0 bridgehead atoms. The molecule has 2 atom stereocenters. The first-order valence-electron chi connectivity index (χ1n) is 15.9. The van der Waals surface area contributed by atoms with Crippen molar-refractivity contribution in [3.8, 4) is 5.75 Å². The van der Waals surface area contributed by atoms with Gasteiger partial charge in [-0.1, -0.05) is 27.4 Å². The number of carbonyl (C=O) groups excluding carboxylic acids is 4. The zero-order valence-electron chi connectivity index (χ0n) is 28.2. The van der Waals surface area contributed by atoms with Crippen LogP contribution in [0.3, 0.4) is 0 Å². The van der Waals surface area contributed by atoms with Gasteiger partial charge in [0.1, 0.15) is 32.2 Å². The van der Waals surface area contributed by atoms with E-state index < -0.39 is 23.7 Å². The van der Waals surface area contributed by atoms with Gasteiger partial charge in [0.25, 0.3) is 0 Å². The van der Waals surface area contributed by atoms with Crippen LogP contribution >= 0.6 is 0 Å². The van der Waals surface area contributed by atoms with Gasteiger partial charge >= 0.3 is 18.2 Å².